The summed E-state index contributed by atoms with van der Waals surface area (Å²) in [4.78, 5) is 12.1. The molecule has 134 valence electrons. The highest BCUT2D eigenvalue weighted by molar-refractivity contribution is 5.77. The Hall–Kier alpha value is -1.51. The molecule has 3 nitrogen and oxygen atoms in total. The summed E-state index contributed by atoms with van der Waals surface area (Å²) in [5, 5.41) is 0. The standard InChI is InChI=1S/C21H32O3/c1-16-8-9-17(2)18(14-16)24-13-7-10-20(3,4)15-21(11-6-12-21)19(22)23-5/h8-9,14H,6-7,10-13,15H2,1-5H3. The fourth-order valence-electron chi connectivity index (χ4n) is 3.87. The van der Waals surface area contributed by atoms with Crippen LogP contribution in [0.5, 0.6) is 5.75 Å². The number of ether oxygens (including phenoxy) is 2. The van der Waals surface area contributed by atoms with Crippen molar-refractivity contribution in [1.29, 1.82) is 0 Å². The van der Waals surface area contributed by atoms with Gasteiger partial charge in [-0.05, 0) is 68.6 Å². The van der Waals surface area contributed by atoms with Crippen LogP contribution in [0.3, 0.4) is 0 Å². The van der Waals surface area contributed by atoms with Gasteiger partial charge in [-0.25, -0.2) is 0 Å². The van der Waals surface area contributed by atoms with Crippen molar-refractivity contribution < 1.29 is 14.3 Å². The minimum Gasteiger partial charge on any atom is -0.493 e. The zero-order chi connectivity index (χ0) is 17.8. The van der Waals surface area contributed by atoms with Crippen molar-refractivity contribution in [3.8, 4) is 5.75 Å². The molecule has 2 rings (SSSR count). The van der Waals surface area contributed by atoms with Gasteiger partial charge in [-0.1, -0.05) is 32.4 Å². The van der Waals surface area contributed by atoms with Gasteiger partial charge in [0.2, 0.25) is 0 Å². The number of methoxy groups -OCH3 is 1. The van der Waals surface area contributed by atoms with Crippen LogP contribution in [0.4, 0.5) is 0 Å². The molecule has 0 unspecified atom stereocenters. The quantitative estimate of drug-likeness (QED) is 0.483. The van der Waals surface area contributed by atoms with Gasteiger partial charge >= 0.3 is 5.97 Å². The van der Waals surface area contributed by atoms with Crippen LogP contribution in [0.25, 0.3) is 0 Å². The molecular formula is C21H32O3. The van der Waals surface area contributed by atoms with Gasteiger partial charge in [0.25, 0.3) is 0 Å². The van der Waals surface area contributed by atoms with Gasteiger partial charge in [-0.15, -0.1) is 0 Å². The van der Waals surface area contributed by atoms with Crippen molar-refractivity contribution in [2.75, 3.05) is 13.7 Å². The predicted molar refractivity (Wildman–Crippen MR) is 97.3 cm³/mol. The van der Waals surface area contributed by atoms with Crippen molar-refractivity contribution in [1.82, 2.24) is 0 Å². The van der Waals surface area contributed by atoms with Gasteiger partial charge in [-0.2, -0.15) is 0 Å². The number of rotatable bonds is 8. The Labute approximate surface area is 146 Å². The Morgan fingerprint density at radius 3 is 2.54 bits per heavy atom. The smallest absolute Gasteiger partial charge is 0.311 e. The first-order valence-electron chi connectivity index (χ1n) is 9.07. The maximum Gasteiger partial charge on any atom is 0.311 e. The zero-order valence-corrected chi connectivity index (χ0v) is 15.9. The molecule has 1 aromatic carbocycles. The summed E-state index contributed by atoms with van der Waals surface area (Å²) in [5.41, 5.74) is 2.30. The molecule has 1 saturated carbocycles. The topological polar surface area (TPSA) is 35.5 Å². The average molecular weight is 332 g/mol. The summed E-state index contributed by atoms with van der Waals surface area (Å²) >= 11 is 0. The Morgan fingerprint density at radius 1 is 1.25 bits per heavy atom. The lowest BCUT2D eigenvalue weighted by Crippen LogP contribution is -2.42. The maximum absolute atomic E-state index is 12.1. The normalized spacial score (nSPS) is 16.4. The van der Waals surface area contributed by atoms with Gasteiger partial charge in [0.1, 0.15) is 5.75 Å². The third kappa shape index (κ3) is 4.52. The Balaban J connectivity index is 1.82. The van der Waals surface area contributed by atoms with E-state index in [4.69, 9.17) is 9.47 Å². The van der Waals surface area contributed by atoms with Gasteiger partial charge < -0.3 is 9.47 Å². The molecule has 1 aromatic rings. The van der Waals surface area contributed by atoms with Crippen LogP contribution in [-0.2, 0) is 9.53 Å². The van der Waals surface area contributed by atoms with E-state index < -0.39 is 0 Å². The molecule has 0 N–H and O–H groups in total. The summed E-state index contributed by atoms with van der Waals surface area (Å²) in [5.74, 6) is 0.964. The van der Waals surface area contributed by atoms with Crippen LogP contribution in [0.15, 0.2) is 18.2 Å². The van der Waals surface area contributed by atoms with Crippen molar-refractivity contribution in [3.63, 3.8) is 0 Å². The summed E-state index contributed by atoms with van der Waals surface area (Å²) in [6.07, 6.45) is 6.05. The first-order valence-corrected chi connectivity index (χ1v) is 9.07. The van der Waals surface area contributed by atoms with Crippen LogP contribution in [-0.4, -0.2) is 19.7 Å². The summed E-state index contributed by atoms with van der Waals surface area (Å²) in [6, 6.07) is 6.31. The summed E-state index contributed by atoms with van der Waals surface area (Å²) < 4.78 is 11.0. The van der Waals surface area contributed by atoms with Gasteiger partial charge in [0.05, 0.1) is 19.1 Å². The molecular weight excluding hydrogens is 300 g/mol. The maximum atomic E-state index is 12.1. The summed E-state index contributed by atoms with van der Waals surface area (Å²) in [6.45, 7) is 9.40. The molecule has 0 heterocycles. The second-order valence-electron chi connectivity index (χ2n) is 8.19. The molecule has 0 atom stereocenters. The molecule has 3 heteroatoms. The van der Waals surface area contributed by atoms with E-state index in [0.29, 0.717) is 0 Å². The Kier molecular flexibility index (Phi) is 5.95. The minimum atomic E-state index is -0.230. The zero-order valence-electron chi connectivity index (χ0n) is 15.9. The van der Waals surface area contributed by atoms with E-state index in [-0.39, 0.29) is 16.8 Å². The molecule has 1 aliphatic rings. The van der Waals surface area contributed by atoms with Crippen LogP contribution < -0.4 is 4.74 Å². The highest BCUT2D eigenvalue weighted by Crippen LogP contribution is 2.50. The molecule has 24 heavy (non-hydrogen) atoms. The first kappa shape index (κ1) is 18.8. The average Bonchev–Trinajstić information content (AvgIpc) is 2.50. The van der Waals surface area contributed by atoms with Gasteiger partial charge in [0.15, 0.2) is 0 Å². The van der Waals surface area contributed by atoms with Crippen molar-refractivity contribution in [2.45, 2.75) is 66.2 Å². The molecule has 0 bridgehead atoms. The van der Waals surface area contributed by atoms with Crippen LogP contribution in [0, 0.1) is 24.7 Å². The van der Waals surface area contributed by atoms with Crippen molar-refractivity contribution in [2.24, 2.45) is 10.8 Å². The number of esters is 1. The SMILES string of the molecule is COC(=O)C1(CC(C)(C)CCCOc2cc(C)ccc2C)CCC1. The van der Waals surface area contributed by atoms with E-state index in [2.05, 4.69) is 45.9 Å². The van der Waals surface area contributed by atoms with Gasteiger partial charge in [-0.3, -0.25) is 4.79 Å². The fraction of sp³-hybridized carbons (Fsp3) is 0.667. The summed E-state index contributed by atoms with van der Waals surface area (Å²) in [7, 11) is 1.51. The lowest BCUT2D eigenvalue weighted by atomic mass is 9.60. The molecule has 1 fully saturated rings. The molecule has 1 aliphatic carbocycles. The Bertz CT molecular complexity index is 570. The monoisotopic (exact) mass is 332 g/mol. The third-order valence-corrected chi connectivity index (χ3v) is 5.35. The molecule has 0 aromatic heterocycles. The second kappa shape index (κ2) is 7.58. The molecule has 0 spiro atoms. The van der Waals surface area contributed by atoms with E-state index >= 15 is 0 Å². The van der Waals surface area contributed by atoms with E-state index in [0.717, 1.165) is 50.9 Å². The number of hydrogen-bond donors (Lipinski definition) is 0. The highest BCUT2D eigenvalue weighted by atomic mass is 16.5. The first-order chi connectivity index (χ1) is 11.3. The van der Waals surface area contributed by atoms with E-state index in [1.807, 2.05) is 0 Å². The Morgan fingerprint density at radius 2 is 1.96 bits per heavy atom. The third-order valence-electron chi connectivity index (χ3n) is 5.35. The number of benzene rings is 1. The van der Waals surface area contributed by atoms with Crippen LogP contribution in [0.1, 0.15) is 63.5 Å². The van der Waals surface area contributed by atoms with E-state index in [1.165, 1.54) is 18.2 Å². The number of hydrogen-bond acceptors (Lipinski definition) is 3. The molecule has 0 aliphatic heterocycles. The molecule has 0 saturated heterocycles. The molecule has 0 amide bonds. The molecule has 0 radical (unpaired) electrons. The lowest BCUT2D eigenvalue weighted by molar-refractivity contribution is -0.161. The van der Waals surface area contributed by atoms with Crippen molar-refractivity contribution >= 4 is 5.97 Å². The predicted octanol–water partition coefficient (Wildman–Crippen LogP) is 5.22. The fourth-order valence-corrected chi connectivity index (χ4v) is 3.87. The largest absolute Gasteiger partial charge is 0.493 e. The van der Waals surface area contributed by atoms with E-state index in [9.17, 15) is 4.79 Å². The second-order valence-corrected chi connectivity index (χ2v) is 8.19. The van der Waals surface area contributed by atoms with Crippen molar-refractivity contribution in [3.05, 3.63) is 29.3 Å². The number of carbonyl (C=O) groups excluding carboxylic acids is 1. The van der Waals surface area contributed by atoms with Crippen LogP contribution in [0.2, 0.25) is 0 Å². The highest BCUT2D eigenvalue weighted by Gasteiger charge is 2.48. The van der Waals surface area contributed by atoms with Gasteiger partial charge in [0, 0.05) is 0 Å². The minimum absolute atomic E-state index is 0.0199. The lowest BCUT2D eigenvalue weighted by Gasteiger charge is -2.44. The number of aryl methyl sites for hydroxylation is 2. The van der Waals surface area contributed by atoms with Crippen LogP contribution >= 0.6 is 0 Å². The number of carbonyl (C=O) groups is 1. The van der Waals surface area contributed by atoms with E-state index in [1.54, 1.807) is 0 Å².